The van der Waals surface area contributed by atoms with Crippen molar-refractivity contribution in [2.75, 3.05) is 7.05 Å². The van der Waals surface area contributed by atoms with Gasteiger partial charge in [0.25, 0.3) is 0 Å². The van der Waals surface area contributed by atoms with Crippen LogP contribution in [0.3, 0.4) is 0 Å². The molecule has 0 amide bonds. The first-order chi connectivity index (χ1) is 4.70. The lowest BCUT2D eigenvalue weighted by Crippen LogP contribution is -2.12. The highest BCUT2D eigenvalue weighted by atomic mass is 15.2. The molecule has 0 atom stereocenters. The van der Waals surface area contributed by atoms with Gasteiger partial charge in [-0.1, -0.05) is 6.92 Å². The minimum atomic E-state index is 0.841. The highest BCUT2D eigenvalue weighted by Crippen LogP contribution is 1.84. The summed E-state index contributed by atoms with van der Waals surface area (Å²) in [4.78, 5) is 0. The van der Waals surface area contributed by atoms with Gasteiger partial charge in [-0.2, -0.15) is 5.10 Å². The molecule has 0 aromatic rings. The van der Waals surface area contributed by atoms with E-state index in [0.29, 0.717) is 0 Å². The number of hydrogen-bond acceptors (Lipinski definition) is 2. The molecule has 0 aliphatic carbocycles. The largest absolute Gasteiger partial charge is 0.375 e. The average molecular weight is 141 g/mol. The molecule has 0 aromatic carbocycles. The Hall–Kier alpha value is -0.860. The van der Waals surface area contributed by atoms with E-state index in [-0.39, 0.29) is 0 Å². The van der Waals surface area contributed by atoms with Crippen molar-refractivity contribution >= 4 is 11.5 Å². The van der Waals surface area contributed by atoms with Crippen LogP contribution in [0.5, 0.6) is 0 Å². The van der Waals surface area contributed by atoms with Crippen molar-refractivity contribution in [2.45, 2.75) is 27.2 Å². The molecule has 0 saturated carbocycles. The fourth-order valence-electron chi connectivity index (χ4n) is 0.281. The maximum Gasteiger partial charge on any atom is 0.121 e. The van der Waals surface area contributed by atoms with Gasteiger partial charge in [0.15, 0.2) is 0 Å². The minimum absolute atomic E-state index is 0.841. The maximum atomic E-state index is 3.96. The topological polar surface area (TPSA) is 36.8 Å². The van der Waals surface area contributed by atoms with Crippen LogP contribution in [-0.4, -0.2) is 18.6 Å². The third kappa shape index (κ3) is 4.06. The second-order valence-corrected chi connectivity index (χ2v) is 2.12. The smallest absolute Gasteiger partial charge is 0.121 e. The molecule has 3 nitrogen and oxygen atoms in total. The van der Waals surface area contributed by atoms with E-state index in [1.54, 1.807) is 0 Å². The summed E-state index contributed by atoms with van der Waals surface area (Å²) >= 11 is 0. The van der Waals surface area contributed by atoms with Gasteiger partial charge >= 0.3 is 0 Å². The highest BCUT2D eigenvalue weighted by molar-refractivity contribution is 5.84. The van der Waals surface area contributed by atoms with Crippen LogP contribution < -0.4 is 5.32 Å². The van der Waals surface area contributed by atoms with Gasteiger partial charge in [-0.3, -0.25) is 0 Å². The zero-order chi connectivity index (χ0) is 7.98. The maximum absolute atomic E-state index is 3.96. The molecule has 0 saturated heterocycles. The molecule has 0 rings (SSSR count). The molecule has 0 aromatic heterocycles. The lowest BCUT2D eigenvalue weighted by Gasteiger charge is -1.93. The molecular formula is C7H15N3. The van der Waals surface area contributed by atoms with Gasteiger partial charge in [0.05, 0.1) is 0 Å². The predicted molar refractivity (Wildman–Crippen MR) is 45.6 cm³/mol. The first-order valence-electron chi connectivity index (χ1n) is 3.46. The van der Waals surface area contributed by atoms with Gasteiger partial charge < -0.3 is 5.32 Å². The molecule has 58 valence electrons. The normalized spacial score (nSPS) is 13.6. The Morgan fingerprint density at radius 3 is 2.30 bits per heavy atom. The lowest BCUT2D eigenvalue weighted by atomic mass is 10.3. The number of hydrogen-bond donors (Lipinski definition) is 1. The number of rotatable bonds is 2. The van der Waals surface area contributed by atoms with Gasteiger partial charge in [0.2, 0.25) is 0 Å². The van der Waals surface area contributed by atoms with Gasteiger partial charge in [-0.15, -0.1) is 5.10 Å². The van der Waals surface area contributed by atoms with Crippen LogP contribution in [-0.2, 0) is 0 Å². The molecule has 0 unspecified atom stereocenters. The monoisotopic (exact) mass is 141 g/mol. The summed E-state index contributed by atoms with van der Waals surface area (Å²) < 4.78 is 0. The van der Waals surface area contributed by atoms with Gasteiger partial charge in [0, 0.05) is 12.8 Å². The van der Waals surface area contributed by atoms with Crippen LogP contribution in [0.1, 0.15) is 27.2 Å². The fourth-order valence-corrected chi connectivity index (χ4v) is 0.281. The van der Waals surface area contributed by atoms with Crippen molar-refractivity contribution in [1.82, 2.24) is 5.32 Å². The summed E-state index contributed by atoms with van der Waals surface area (Å²) in [5, 5.41) is 10.7. The summed E-state index contributed by atoms with van der Waals surface area (Å²) in [5.41, 5.74) is 1.05. The molecule has 0 radical (unpaired) electrons. The standard InChI is InChI=1S/C7H15N3/c1-5-6(2)9-10-7(3)8-4/h5H2,1-4H3,(H,8,10)/b9-6+. The van der Waals surface area contributed by atoms with Crippen molar-refractivity contribution in [3.8, 4) is 0 Å². The van der Waals surface area contributed by atoms with Gasteiger partial charge in [0.1, 0.15) is 5.84 Å². The van der Waals surface area contributed by atoms with Crippen molar-refractivity contribution in [2.24, 2.45) is 10.2 Å². The predicted octanol–water partition coefficient (Wildman–Crippen LogP) is 1.41. The molecule has 0 spiro atoms. The SMILES string of the molecule is CC/C(C)=N/N=C(/C)NC. The summed E-state index contributed by atoms with van der Waals surface area (Å²) in [7, 11) is 1.83. The van der Waals surface area contributed by atoms with Crippen molar-refractivity contribution < 1.29 is 0 Å². The Kier molecular flexibility index (Phi) is 4.54. The molecule has 0 aliphatic rings. The zero-order valence-corrected chi connectivity index (χ0v) is 7.10. The van der Waals surface area contributed by atoms with Crippen LogP contribution in [0.25, 0.3) is 0 Å². The van der Waals surface area contributed by atoms with Crippen molar-refractivity contribution in [1.29, 1.82) is 0 Å². The molecular weight excluding hydrogens is 126 g/mol. The second kappa shape index (κ2) is 4.97. The summed E-state index contributed by atoms with van der Waals surface area (Å²) in [6.07, 6.45) is 0.959. The first-order valence-corrected chi connectivity index (χ1v) is 3.46. The zero-order valence-electron chi connectivity index (χ0n) is 7.10. The van der Waals surface area contributed by atoms with Gasteiger partial charge in [-0.25, -0.2) is 0 Å². The molecule has 0 heterocycles. The Morgan fingerprint density at radius 2 is 1.90 bits per heavy atom. The summed E-state index contributed by atoms with van der Waals surface area (Å²) in [6, 6.07) is 0. The van der Waals surface area contributed by atoms with Crippen LogP contribution >= 0.6 is 0 Å². The summed E-state index contributed by atoms with van der Waals surface area (Å²) in [6.45, 7) is 5.90. The third-order valence-electron chi connectivity index (χ3n) is 1.24. The van der Waals surface area contributed by atoms with E-state index >= 15 is 0 Å². The molecule has 0 fully saturated rings. The van der Waals surface area contributed by atoms with E-state index in [1.165, 1.54) is 0 Å². The number of nitrogens with one attached hydrogen (secondary N) is 1. The van der Waals surface area contributed by atoms with E-state index in [0.717, 1.165) is 18.0 Å². The number of amidine groups is 1. The fraction of sp³-hybridized carbons (Fsp3) is 0.714. The van der Waals surface area contributed by atoms with Gasteiger partial charge in [-0.05, 0) is 20.3 Å². The summed E-state index contributed by atoms with van der Waals surface area (Å²) in [5.74, 6) is 0.841. The lowest BCUT2D eigenvalue weighted by molar-refractivity contribution is 1.08. The van der Waals surface area contributed by atoms with Crippen LogP contribution in [0, 0.1) is 0 Å². The molecule has 0 bridgehead atoms. The van der Waals surface area contributed by atoms with Crippen molar-refractivity contribution in [3.05, 3.63) is 0 Å². The Morgan fingerprint density at radius 1 is 1.30 bits per heavy atom. The molecule has 3 heteroatoms. The van der Waals surface area contributed by atoms with Crippen LogP contribution in [0.4, 0.5) is 0 Å². The second-order valence-electron chi connectivity index (χ2n) is 2.12. The number of nitrogens with zero attached hydrogens (tertiary/aromatic N) is 2. The van der Waals surface area contributed by atoms with E-state index < -0.39 is 0 Å². The highest BCUT2D eigenvalue weighted by Gasteiger charge is 1.83. The minimum Gasteiger partial charge on any atom is -0.375 e. The Labute approximate surface area is 62.2 Å². The average Bonchev–Trinajstić information content (AvgIpc) is 1.99. The molecule has 1 N–H and O–H groups in total. The van der Waals surface area contributed by atoms with Crippen LogP contribution in [0.15, 0.2) is 10.2 Å². The molecule has 0 aliphatic heterocycles. The Balaban J connectivity index is 3.91. The first kappa shape index (κ1) is 9.14. The van der Waals surface area contributed by atoms with E-state index in [9.17, 15) is 0 Å². The Bertz CT molecular complexity index is 129. The quantitative estimate of drug-likeness (QED) is 0.352. The van der Waals surface area contributed by atoms with Crippen molar-refractivity contribution in [3.63, 3.8) is 0 Å². The molecule has 10 heavy (non-hydrogen) atoms. The third-order valence-corrected chi connectivity index (χ3v) is 1.24. The van der Waals surface area contributed by atoms with E-state index in [2.05, 4.69) is 22.4 Å². The van der Waals surface area contributed by atoms with E-state index in [4.69, 9.17) is 0 Å². The van der Waals surface area contributed by atoms with E-state index in [1.807, 2.05) is 20.9 Å². The van der Waals surface area contributed by atoms with Crippen LogP contribution in [0.2, 0.25) is 0 Å².